The minimum absolute atomic E-state index is 0. The zero-order valence-corrected chi connectivity index (χ0v) is 11.1. The Morgan fingerprint density at radius 1 is 0.571 bits per heavy atom. The van der Waals surface area contributed by atoms with Crippen molar-refractivity contribution in [2.45, 2.75) is 0 Å². The van der Waals surface area contributed by atoms with Gasteiger partial charge in [-0.1, -0.05) is 0 Å². The minimum Gasteiger partial charge on any atom is -0.870 e. The molecule has 0 radical (unpaired) electrons. The molecular formula is H4BaMgO4Ti. The van der Waals surface area contributed by atoms with E-state index in [9.17, 15) is 0 Å². The molecule has 0 fully saturated rings. The second kappa shape index (κ2) is 66.2. The maximum atomic E-state index is 0. The van der Waals surface area contributed by atoms with Crippen LogP contribution in [0.2, 0.25) is 0 Å². The van der Waals surface area contributed by atoms with Crippen molar-refractivity contribution in [2.75, 3.05) is 0 Å². The van der Waals surface area contributed by atoms with Crippen LogP contribution in [0.1, 0.15) is 0 Å². The van der Waals surface area contributed by atoms with Crippen molar-refractivity contribution in [1.82, 2.24) is 0 Å². The Morgan fingerprint density at radius 3 is 0.571 bits per heavy atom. The van der Waals surface area contributed by atoms with Crippen LogP contribution in [-0.2, 0) is 21.7 Å². The molecule has 0 atom stereocenters. The second-order valence-electron chi connectivity index (χ2n) is 0. The third-order valence-corrected chi connectivity index (χ3v) is 0. The predicted octanol–water partition coefficient (Wildman–Crippen LogP) is -1.47. The molecule has 36 valence electrons. The average Bonchev–Trinajstić information content (AvgIpc) is 0. The van der Waals surface area contributed by atoms with Crippen LogP contribution in [0.5, 0.6) is 0 Å². The number of hydrogen-bond donors (Lipinski definition) is 0. The van der Waals surface area contributed by atoms with E-state index in [1.54, 1.807) is 0 Å². The van der Waals surface area contributed by atoms with Crippen LogP contribution in [0.15, 0.2) is 0 Å². The maximum absolute atomic E-state index is 0. The van der Waals surface area contributed by atoms with Gasteiger partial charge in [-0.25, -0.2) is 0 Å². The van der Waals surface area contributed by atoms with E-state index in [1.807, 2.05) is 0 Å². The van der Waals surface area contributed by atoms with Crippen LogP contribution >= 0.6 is 0 Å². The summed E-state index contributed by atoms with van der Waals surface area (Å²) in [5.74, 6) is 0. The summed E-state index contributed by atoms with van der Waals surface area (Å²) in [5, 5.41) is 0. The van der Waals surface area contributed by atoms with Crippen molar-refractivity contribution < 1.29 is 43.6 Å². The van der Waals surface area contributed by atoms with Gasteiger partial charge in [0.2, 0.25) is 0 Å². The van der Waals surface area contributed by atoms with Crippen LogP contribution in [-0.4, -0.2) is 93.8 Å². The van der Waals surface area contributed by atoms with Gasteiger partial charge in [-0.2, -0.15) is 0 Å². The Labute approximate surface area is 113 Å². The molecule has 0 aromatic carbocycles. The molecule has 0 aliphatic rings. The van der Waals surface area contributed by atoms with E-state index in [0.717, 1.165) is 0 Å². The van der Waals surface area contributed by atoms with Crippen LogP contribution in [0.3, 0.4) is 0 Å². The molecular weight excluding hydrogens is 273 g/mol. The molecule has 7 heavy (non-hydrogen) atoms. The number of hydrogen-bond acceptors (Lipinski definition) is 4. The van der Waals surface area contributed by atoms with Gasteiger partial charge in [0, 0.05) is 21.7 Å². The van der Waals surface area contributed by atoms with Gasteiger partial charge in [-0.15, -0.1) is 0 Å². The standard InChI is InChI=1S/Ba.Mg.4H2O.Ti/h;;4*1H2;/q2*+2;;;;;/p-4. The zero-order valence-electron chi connectivity index (χ0n) is 3.70. The molecule has 4 N–H and O–H groups in total. The molecule has 4 nitrogen and oxygen atoms in total. The predicted molar refractivity (Wildman–Crippen MR) is 19.3 cm³/mol. The molecule has 0 aromatic rings. The number of rotatable bonds is 0. The molecule has 0 aromatic heterocycles. The van der Waals surface area contributed by atoms with Crippen LogP contribution in [0, 0.1) is 0 Å². The largest absolute Gasteiger partial charge is 2.00 e. The SMILES string of the molecule is [Ba+2].[Mg+2].[OH-].[OH-].[OH-].[OH-].[Ti]. The van der Waals surface area contributed by atoms with Crippen molar-refractivity contribution in [2.24, 2.45) is 0 Å². The van der Waals surface area contributed by atoms with E-state index < -0.39 is 0 Å². The Hall–Kier alpha value is 2.89. The van der Waals surface area contributed by atoms with Gasteiger partial charge in [0.1, 0.15) is 0 Å². The van der Waals surface area contributed by atoms with Crippen LogP contribution < -0.4 is 0 Å². The molecule has 0 saturated carbocycles. The first-order valence-electron chi connectivity index (χ1n) is 0. The first-order valence-corrected chi connectivity index (χ1v) is 0. The summed E-state index contributed by atoms with van der Waals surface area (Å²) in [5.41, 5.74) is 0. The van der Waals surface area contributed by atoms with Gasteiger partial charge >= 0.3 is 71.9 Å². The van der Waals surface area contributed by atoms with Crippen molar-refractivity contribution >= 4 is 71.9 Å². The fraction of sp³-hybridized carbons (Fsp3) is 0. The third kappa shape index (κ3) is 50.5. The molecule has 0 aliphatic heterocycles. The van der Waals surface area contributed by atoms with Gasteiger partial charge in [-0.05, 0) is 0 Å². The van der Waals surface area contributed by atoms with Crippen molar-refractivity contribution in [3.8, 4) is 0 Å². The topological polar surface area (TPSA) is 120 Å². The van der Waals surface area contributed by atoms with E-state index in [4.69, 9.17) is 0 Å². The second-order valence-corrected chi connectivity index (χ2v) is 0. The van der Waals surface area contributed by atoms with Gasteiger partial charge < -0.3 is 21.9 Å². The summed E-state index contributed by atoms with van der Waals surface area (Å²) in [4.78, 5) is 0. The minimum atomic E-state index is 0. The van der Waals surface area contributed by atoms with E-state index in [1.165, 1.54) is 0 Å². The Bertz CT molecular complexity index is 11.7. The third-order valence-electron chi connectivity index (χ3n) is 0. The Balaban J connectivity index is 0. The van der Waals surface area contributed by atoms with Crippen LogP contribution in [0.25, 0.3) is 0 Å². The normalized spacial score (nSPS) is 0. The van der Waals surface area contributed by atoms with Gasteiger partial charge in [0.15, 0.2) is 0 Å². The first-order chi connectivity index (χ1) is 0. The van der Waals surface area contributed by atoms with Gasteiger partial charge in [-0.3, -0.25) is 0 Å². The molecule has 0 saturated heterocycles. The summed E-state index contributed by atoms with van der Waals surface area (Å²) in [6.45, 7) is 0. The fourth-order valence-electron chi connectivity index (χ4n) is 0. The Morgan fingerprint density at radius 2 is 0.571 bits per heavy atom. The summed E-state index contributed by atoms with van der Waals surface area (Å²) >= 11 is 0. The monoisotopic (exact) mass is 278 g/mol. The van der Waals surface area contributed by atoms with Gasteiger partial charge in [0.05, 0.1) is 0 Å². The Kier molecular flexibility index (Phi) is 885. The first kappa shape index (κ1) is 93.5. The van der Waals surface area contributed by atoms with Crippen LogP contribution in [0.4, 0.5) is 0 Å². The summed E-state index contributed by atoms with van der Waals surface area (Å²) in [6.07, 6.45) is 0. The molecule has 0 heterocycles. The smallest absolute Gasteiger partial charge is 0.870 e. The average molecular weight is 278 g/mol. The fourth-order valence-corrected chi connectivity index (χ4v) is 0. The van der Waals surface area contributed by atoms with E-state index >= 15 is 0 Å². The van der Waals surface area contributed by atoms with E-state index in [0.29, 0.717) is 0 Å². The summed E-state index contributed by atoms with van der Waals surface area (Å²) in [7, 11) is 0. The van der Waals surface area contributed by atoms with E-state index in [2.05, 4.69) is 0 Å². The van der Waals surface area contributed by atoms with Gasteiger partial charge in [0.25, 0.3) is 0 Å². The van der Waals surface area contributed by atoms with Crippen molar-refractivity contribution in [3.63, 3.8) is 0 Å². The van der Waals surface area contributed by atoms with Crippen molar-refractivity contribution in [3.05, 3.63) is 0 Å². The molecule has 0 spiro atoms. The van der Waals surface area contributed by atoms with E-state index in [-0.39, 0.29) is 116 Å². The zero-order chi connectivity index (χ0) is 0. The molecule has 0 aliphatic carbocycles. The quantitative estimate of drug-likeness (QED) is 0.502. The molecule has 0 bridgehead atoms. The summed E-state index contributed by atoms with van der Waals surface area (Å²) < 4.78 is 0. The summed E-state index contributed by atoms with van der Waals surface area (Å²) in [6, 6.07) is 0. The molecule has 0 unspecified atom stereocenters. The molecule has 0 rings (SSSR count). The van der Waals surface area contributed by atoms with Crippen molar-refractivity contribution in [1.29, 1.82) is 0 Å². The maximum Gasteiger partial charge on any atom is 2.00 e. The molecule has 0 amide bonds. The molecule has 7 heteroatoms.